The van der Waals surface area contributed by atoms with Crippen LogP contribution in [-0.4, -0.2) is 38.6 Å². The molecule has 1 unspecified atom stereocenters. The van der Waals surface area contributed by atoms with Gasteiger partial charge in [0.25, 0.3) is 0 Å². The zero-order valence-corrected chi connectivity index (χ0v) is 20.2. The van der Waals surface area contributed by atoms with Crippen molar-refractivity contribution < 1.29 is 19.1 Å². The molecule has 35 heavy (non-hydrogen) atoms. The van der Waals surface area contributed by atoms with E-state index < -0.39 is 11.3 Å². The van der Waals surface area contributed by atoms with Crippen molar-refractivity contribution in [1.29, 1.82) is 0 Å². The Balaban J connectivity index is 1.20. The maximum atomic E-state index is 11.4. The Morgan fingerprint density at radius 1 is 1.03 bits per heavy atom. The first-order valence-corrected chi connectivity index (χ1v) is 12.5. The number of nitrogens with zero attached hydrogens (tertiary/aromatic N) is 2. The average Bonchev–Trinajstić information content (AvgIpc) is 3.51. The molecular weight excluding hydrogens is 460 g/mol. The van der Waals surface area contributed by atoms with E-state index in [2.05, 4.69) is 29.2 Å². The molecule has 1 atom stereocenters. The van der Waals surface area contributed by atoms with Crippen LogP contribution in [0.1, 0.15) is 17.0 Å². The van der Waals surface area contributed by atoms with Gasteiger partial charge in [0.1, 0.15) is 23.8 Å². The van der Waals surface area contributed by atoms with E-state index in [-0.39, 0.29) is 0 Å². The van der Waals surface area contributed by atoms with Gasteiger partial charge in [0, 0.05) is 24.4 Å². The molecule has 0 amide bonds. The summed E-state index contributed by atoms with van der Waals surface area (Å²) in [7, 11) is 0. The molecule has 1 saturated heterocycles. The molecule has 0 spiro atoms. The average molecular weight is 487 g/mol. The van der Waals surface area contributed by atoms with Crippen LogP contribution in [0.4, 0.5) is 0 Å². The zero-order chi connectivity index (χ0) is 24.2. The summed E-state index contributed by atoms with van der Waals surface area (Å²) in [5.74, 6) is 2.11. The third-order valence-electron chi connectivity index (χ3n) is 6.01. The summed E-state index contributed by atoms with van der Waals surface area (Å²) < 4.78 is 11.9. The smallest absolute Gasteiger partial charge is 0.331 e. The summed E-state index contributed by atoms with van der Waals surface area (Å²) >= 11 is 1.47. The first-order valence-electron chi connectivity index (χ1n) is 11.5. The maximum absolute atomic E-state index is 11.4. The van der Waals surface area contributed by atoms with Gasteiger partial charge < -0.3 is 14.3 Å². The van der Waals surface area contributed by atoms with Crippen molar-refractivity contribution >= 4 is 17.7 Å². The zero-order valence-electron chi connectivity index (χ0n) is 19.4. The van der Waals surface area contributed by atoms with Gasteiger partial charge in [-0.3, -0.25) is 4.90 Å². The van der Waals surface area contributed by atoms with Gasteiger partial charge in [-0.15, -0.1) is 11.8 Å². The first kappa shape index (κ1) is 23.2. The molecule has 5 rings (SSSR count). The number of oxazole rings is 1. The number of rotatable bonds is 8. The highest BCUT2D eigenvalue weighted by atomic mass is 32.2. The number of aromatic nitrogens is 1. The first-order chi connectivity index (χ1) is 17.1. The fourth-order valence-corrected chi connectivity index (χ4v) is 5.19. The maximum Gasteiger partial charge on any atom is 0.331 e. The molecule has 1 aromatic heterocycles. The van der Waals surface area contributed by atoms with Gasteiger partial charge in [-0.05, 0) is 47.9 Å². The van der Waals surface area contributed by atoms with Crippen molar-refractivity contribution in [2.24, 2.45) is 0 Å². The predicted octanol–water partition coefficient (Wildman–Crippen LogP) is 5.86. The molecule has 178 valence electrons. The van der Waals surface area contributed by atoms with Gasteiger partial charge >= 0.3 is 5.97 Å². The fraction of sp³-hybridized carbons (Fsp3) is 0.214. The van der Waals surface area contributed by atoms with Crippen molar-refractivity contribution in [3.8, 4) is 28.3 Å². The lowest BCUT2D eigenvalue weighted by molar-refractivity contribution is -0.139. The van der Waals surface area contributed by atoms with E-state index in [0.29, 0.717) is 19.0 Å². The molecule has 2 heterocycles. The molecule has 0 saturated carbocycles. The van der Waals surface area contributed by atoms with Gasteiger partial charge in [-0.1, -0.05) is 54.6 Å². The SMILES string of the molecule is Cc1oc(-c2ccc(-c3ccccc3)cc2)nc1COc1ccc(CN2CCSC2C(=O)O)cc1. The quantitative estimate of drug-likeness (QED) is 0.334. The van der Waals surface area contributed by atoms with Crippen molar-refractivity contribution in [2.45, 2.75) is 25.4 Å². The van der Waals surface area contributed by atoms with Gasteiger partial charge in [0.05, 0.1) is 0 Å². The van der Waals surface area contributed by atoms with Crippen LogP contribution in [0.2, 0.25) is 0 Å². The Bertz CT molecular complexity index is 1290. The number of thioether (sulfide) groups is 1. The largest absolute Gasteiger partial charge is 0.487 e. The lowest BCUT2D eigenvalue weighted by Gasteiger charge is -2.20. The van der Waals surface area contributed by atoms with Crippen molar-refractivity contribution in [3.63, 3.8) is 0 Å². The third kappa shape index (κ3) is 5.42. The molecule has 6 nitrogen and oxygen atoms in total. The summed E-state index contributed by atoms with van der Waals surface area (Å²) in [6, 6.07) is 26.2. The summed E-state index contributed by atoms with van der Waals surface area (Å²) in [6.07, 6.45) is 0. The van der Waals surface area contributed by atoms with Crippen molar-refractivity contribution in [3.05, 3.63) is 95.9 Å². The Kier molecular flexibility index (Phi) is 6.88. The summed E-state index contributed by atoms with van der Waals surface area (Å²) in [4.78, 5) is 18.0. The van der Waals surface area contributed by atoms with Gasteiger partial charge in [0.15, 0.2) is 5.37 Å². The summed E-state index contributed by atoms with van der Waals surface area (Å²) in [5, 5.41) is 8.88. The minimum atomic E-state index is -0.776. The molecular formula is C28H26N2O4S. The minimum absolute atomic E-state index is 0.306. The highest BCUT2D eigenvalue weighted by molar-refractivity contribution is 8.00. The Labute approximate surface area is 208 Å². The highest BCUT2D eigenvalue weighted by Gasteiger charge is 2.30. The standard InChI is InChI=1S/C28H26N2O4S/c1-19-25(29-26(34-19)23-11-9-22(10-12-23)21-5-3-2-4-6-21)18-33-24-13-7-20(8-14-24)17-30-15-16-35-27(30)28(31)32/h2-14,27H,15-18H2,1H3,(H,31,32). The minimum Gasteiger partial charge on any atom is -0.487 e. The summed E-state index contributed by atoms with van der Waals surface area (Å²) in [5.41, 5.74) is 5.05. The molecule has 0 bridgehead atoms. The Morgan fingerprint density at radius 2 is 1.71 bits per heavy atom. The molecule has 1 aliphatic rings. The topological polar surface area (TPSA) is 75.8 Å². The van der Waals surface area contributed by atoms with E-state index in [4.69, 9.17) is 9.15 Å². The van der Waals surface area contributed by atoms with E-state index in [1.165, 1.54) is 17.3 Å². The highest BCUT2D eigenvalue weighted by Crippen LogP contribution is 2.28. The van der Waals surface area contributed by atoms with Gasteiger partial charge in [-0.2, -0.15) is 0 Å². The van der Waals surface area contributed by atoms with E-state index in [1.807, 2.05) is 66.4 Å². The second-order valence-electron chi connectivity index (χ2n) is 8.43. The summed E-state index contributed by atoms with van der Waals surface area (Å²) in [6.45, 7) is 3.59. The number of ether oxygens (including phenoxy) is 1. The molecule has 3 aromatic carbocycles. The lowest BCUT2D eigenvalue weighted by atomic mass is 10.0. The van der Waals surface area contributed by atoms with E-state index in [9.17, 15) is 9.90 Å². The molecule has 7 heteroatoms. The van der Waals surface area contributed by atoms with Crippen LogP contribution in [0.3, 0.4) is 0 Å². The molecule has 1 N–H and O–H groups in total. The van der Waals surface area contributed by atoms with Crippen LogP contribution < -0.4 is 4.74 Å². The number of aliphatic carboxylic acids is 1. The van der Waals surface area contributed by atoms with Gasteiger partial charge in [0.2, 0.25) is 5.89 Å². The molecule has 1 aliphatic heterocycles. The van der Waals surface area contributed by atoms with E-state index in [1.54, 1.807) is 0 Å². The molecule has 4 aromatic rings. The number of hydrogen-bond donors (Lipinski definition) is 1. The van der Waals surface area contributed by atoms with Crippen LogP contribution >= 0.6 is 11.8 Å². The monoisotopic (exact) mass is 486 g/mol. The van der Waals surface area contributed by atoms with Crippen LogP contribution in [0, 0.1) is 6.92 Å². The van der Waals surface area contributed by atoms with E-state index in [0.717, 1.165) is 46.2 Å². The second-order valence-corrected chi connectivity index (χ2v) is 9.62. The predicted molar refractivity (Wildman–Crippen MR) is 137 cm³/mol. The Morgan fingerprint density at radius 3 is 2.43 bits per heavy atom. The van der Waals surface area contributed by atoms with Crippen molar-refractivity contribution in [1.82, 2.24) is 9.88 Å². The van der Waals surface area contributed by atoms with Crippen LogP contribution in [-0.2, 0) is 17.9 Å². The van der Waals surface area contributed by atoms with Crippen LogP contribution in [0.5, 0.6) is 5.75 Å². The number of aryl methyl sites for hydroxylation is 1. The van der Waals surface area contributed by atoms with Gasteiger partial charge in [-0.25, -0.2) is 9.78 Å². The number of hydrogen-bond acceptors (Lipinski definition) is 6. The second kappa shape index (κ2) is 10.4. The number of carboxylic acid groups (broad SMARTS) is 1. The number of carbonyl (C=O) groups is 1. The lowest BCUT2D eigenvalue weighted by Crippen LogP contribution is -2.33. The molecule has 0 radical (unpaired) electrons. The van der Waals surface area contributed by atoms with Crippen LogP contribution in [0.15, 0.2) is 83.3 Å². The van der Waals surface area contributed by atoms with E-state index >= 15 is 0 Å². The Hall–Kier alpha value is -3.55. The van der Waals surface area contributed by atoms with Crippen LogP contribution in [0.25, 0.3) is 22.6 Å². The molecule has 0 aliphatic carbocycles. The molecule has 1 fully saturated rings. The number of benzene rings is 3. The fourth-order valence-electron chi connectivity index (χ4n) is 4.09. The number of carboxylic acids is 1. The normalized spacial score (nSPS) is 15.9. The van der Waals surface area contributed by atoms with Crippen molar-refractivity contribution in [2.75, 3.05) is 12.3 Å². The third-order valence-corrected chi connectivity index (χ3v) is 7.25.